The molecule has 2 fully saturated rings. The van der Waals surface area contributed by atoms with Crippen molar-refractivity contribution in [2.45, 2.75) is 97.2 Å². The van der Waals surface area contributed by atoms with E-state index in [4.69, 9.17) is 34.6 Å². The maximum Gasteiger partial charge on any atom is 0.324 e. The van der Waals surface area contributed by atoms with E-state index in [2.05, 4.69) is 60.8 Å². The van der Waals surface area contributed by atoms with E-state index >= 15 is 0 Å². The van der Waals surface area contributed by atoms with Gasteiger partial charge in [-0.1, -0.05) is 13.8 Å². The number of carbonyl (C=O) groups excluding carboxylic acids is 2. The zero-order chi connectivity index (χ0) is 37.9. The number of methoxy groups -OCH3 is 1. The van der Waals surface area contributed by atoms with Crippen molar-refractivity contribution >= 4 is 39.8 Å². The third kappa shape index (κ3) is 6.98. The normalized spacial score (nSPS) is 25.2. The predicted octanol–water partition coefficient (Wildman–Crippen LogP) is 5.03. The summed E-state index contributed by atoms with van der Waals surface area (Å²) in [7, 11) is 1.72. The van der Waals surface area contributed by atoms with Crippen molar-refractivity contribution in [1.29, 1.82) is 0 Å². The minimum absolute atomic E-state index is 0.0902. The molecule has 0 aliphatic carbocycles. The second kappa shape index (κ2) is 14.5. The molecule has 3 N–H and O–H groups in total. The van der Waals surface area contributed by atoms with Crippen LogP contribution in [0.5, 0.6) is 5.75 Å². The van der Waals surface area contributed by atoms with E-state index in [1.54, 1.807) is 7.11 Å². The molecule has 1 amide bonds. The van der Waals surface area contributed by atoms with Crippen molar-refractivity contribution in [2.24, 2.45) is 11.1 Å². The molecule has 5 atom stereocenters. The quantitative estimate of drug-likeness (QED) is 0.271. The van der Waals surface area contributed by atoms with Crippen LogP contribution >= 0.6 is 11.3 Å². The number of cyclic esters (lactones) is 1. The summed E-state index contributed by atoms with van der Waals surface area (Å²) in [4.78, 5) is 39.4. The molecular weight excluding hydrogens is 707 g/mol. The third-order valence-corrected chi connectivity index (χ3v) is 11.9. The monoisotopic (exact) mass is 757 g/mol. The van der Waals surface area contributed by atoms with Gasteiger partial charge in [0, 0.05) is 60.5 Å². The number of rotatable bonds is 4. The Hall–Kier alpha value is -4.08. The topological polar surface area (TPSA) is 146 Å². The highest BCUT2D eigenvalue weighted by Gasteiger charge is 2.36. The van der Waals surface area contributed by atoms with Gasteiger partial charge >= 0.3 is 5.97 Å². The fourth-order valence-corrected chi connectivity index (χ4v) is 9.27. The molecular formula is C40H51N7O6S. The molecule has 4 aliphatic heterocycles. The number of morpholine rings is 1. The van der Waals surface area contributed by atoms with Crippen LogP contribution in [0.3, 0.4) is 0 Å². The molecule has 14 heteroatoms. The van der Waals surface area contributed by atoms with E-state index in [0.29, 0.717) is 39.0 Å². The van der Waals surface area contributed by atoms with E-state index in [1.165, 1.54) is 16.3 Å². The molecule has 0 radical (unpaired) electrons. The van der Waals surface area contributed by atoms with Gasteiger partial charge in [-0.2, -0.15) is 0 Å². The van der Waals surface area contributed by atoms with Crippen molar-refractivity contribution < 1.29 is 28.5 Å². The first kappa shape index (κ1) is 36.9. The number of carbonyl (C=O) groups is 2. The van der Waals surface area contributed by atoms with Gasteiger partial charge in [0.15, 0.2) is 0 Å². The van der Waals surface area contributed by atoms with E-state index in [9.17, 15) is 9.59 Å². The molecule has 6 bridgehead atoms. The highest BCUT2D eigenvalue weighted by Crippen LogP contribution is 2.47. The lowest BCUT2D eigenvalue weighted by atomic mass is 9.84. The fraction of sp³-hybridized carbons (Fsp3) is 0.550. The summed E-state index contributed by atoms with van der Waals surface area (Å²) in [6.07, 6.45) is 3.99. The molecule has 4 aromatic rings. The van der Waals surface area contributed by atoms with Gasteiger partial charge < -0.3 is 34.1 Å². The molecule has 3 aromatic heterocycles. The number of hydrazine groups is 1. The average Bonchev–Trinajstić information content (AvgIpc) is 3.75. The summed E-state index contributed by atoms with van der Waals surface area (Å²) in [6, 6.07) is 5.10. The van der Waals surface area contributed by atoms with Gasteiger partial charge in [0.1, 0.15) is 18.4 Å². The largest absolute Gasteiger partial charge is 0.489 e. The van der Waals surface area contributed by atoms with E-state index < -0.39 is 17.5 Å². The summed E-state index contributed by atoms with van der Waals surface area (Å²) in [6.45, 7) is 13.9. The van der Waals surface area contributed by atoms with Crippen LogP contribution in [0.15, 0.2) is 29.8 Å². The maximum absolute atomic E-state index is 13.6. The SMILES string of the molecule is CO[C@@H](C)c1ncc(N2C[C@@H](C)O[C@@H](C)C2)cc1-c1c2c3cc(cc4c3n1CCO4)-c1csc(n1)C[C@H](N)C(=O)N1CCC[C@H](N1)C(=O)OCC(C)(C)C2. The first-order chi connectivity index (χ1) is 25.9. The Morgan fingerprint density at radius 2 is 1.91 bits per heavy atom. The van der Waals surface area contributed by atoms with Crippen LogP contribution in [0.1, 0.15) is 69.8 Å². The smallest absolute Gasteiger partial charge is 0.324 e. The van der Waals surface area contributed by atoms with E-state index in [0.717, 1.165) is 74.2 Å². The Labute approximate surface area is 320 Å². The molecule has 288 valence electrons. The molecule has 0 saturated carbocycles. The number of nitrogens with one attached hydrogen (secondary N) is 1. The number of fused-ring (bicyclic) bond motifs is 6. The number of anilines is 1. The van der Waals surface area contributed by atoms with Crippen molar-refractivity contribution in [3.8, 4) is 28.3 Å². The summed E-state index contributed by atoms with van der Waals surface area (Å²) in [5, 5.41) is 5.33. The first-order valence-electron chi connectivity index (χ1n) is 19.1. The molecule has 1 aromatic carbocycles. The Bertz CT molecular complexity index is 2070. The second-order valence-corrected chi connectivity index (χ2v) is 17.0. The molecule has 0 unspecified atom stereocenters. The summed E-state index contributed by atoms with van der Waals surface area (Å²) >= 11 is 1.49. The first-order valence-corrected chi connectivity index (χ1v) is 20.0. The van der Waals surface area contributed by atoms with E-state index in [-0.39, 0.29) is 43.2 Å². The van der Waals surface area contributed by atoms with Crippen LogP contribution in [-0.4, -0.2) is 95.7 Å². The Morgan fingerprint density at radius 1 is 1.11 bits per heavy atom. The predicted molar refractivity (Wildman–Crippen MR) is 207 cm³/mol. The highest BCUT2D eigenvalue weighted by atomic mass is 32.1. The van der Waals surface area contributed by atoms with Gasteiger partial charge in [-0.15, -0.1) is 11.3 Å². The van der Waals surface area contributed by atoms with Gasteiger partial charge in [0.05, 0.1) is 77.0 Å². The zero-order valence-electron chi connectivity index (χ0n) is 32.0. The summed E-state index contributed by atoms with van der Waals surface area (Å²) in [5.41, 5.74) is 16.9. The van der Waals surface area contributed by atoms with E-state index in [1.807, 2.05) is 18.5 Å². The zero-order valence-corrected chi connectivity index (χ0v) is 32.8. The standard InChI is InChI=1S/C40H51N7O6S/c1-22-18-45(19-23(2)53-22)26-14-28(35(42-17-26)24(3)50-6)36-29-16-40(4,5)21-52-39(49)31-8-7-9-47(44-31)38(48)30(41)15-34-43-32(20-54-34)25-12-27(29)37-33(13-25)51-11-10-46(36)37/h12-14,17,20,22-24,30-31,44H,7-11,15-16,18-19,21,41H2,1-6H3/t22-,23+,24-,30-,31-/m0/s1. The third-order valence-electron chi connectivity index (χ3n) is 11.0. The number of benzene rings is 1. The highest BCUT2D eigenvalue weighted by molar-refractivity contribution is 7.10. The molecule has 54 heavy (non-hydrogen) atoms. The molecule has 2 saturated heterocycles. The number of pyridine rings is 1. The number of hydrogen-bond donors (Lipinski definition) is 2. The van der Waals surface area contributed by atoms with Crippen molar-refractivity contribution in [1.82, 2.24) is 25.0 Å². The maximum atomic E-state index is 13.6. The van der Waals surface area contributed by atoms with Crippen molar-refractivity contribution in [3.05, 3.63) is 46.0 Å². The van der Waals surface area contributed by atoms with Gasteiger partial charge in [-0.3, -0.25) is 19.6 Å². The number of hydrogen-bond acceptors (Lipinski definition) is 12. The molecule has 7 heterocycles. The van der Waals surface area contributed by atoms with Crippen LogP contribution in [0.4, 0.5) is 5.69 Å². The Morgan fingerprint density at radius 3 is 2.69 bits per heavy atom. The lowest BCUT2D eigenvalue weighted by molar-refractivity contribution is -0.154. The summed E-state index contributed by atoms with van der Waals surface area (Å²) in [5.74, 6) is 0.150. The minimum atomic E-state index is -0.809. The summed E-state index contributed by atoms with van der Waals surface area (Å²) < 4.78 is 26.9. The van der Waals surface area contributed by atoms with Crippen LogP contribution in [0, 0.1) is 5.41 Å². The number of nitrogens with zero attached hydrogens (tertiary/aromatic N) is 5. The number of nitrogens with two attached hydrogens (primary N) is 1. The van der Waals surface area contributed by atoms with Gasteiger partial charge in [0.2, 0.25) is 0 Å². The second-order valence-electron chi connectivity index (χ2n) is 16.1. The molecule has 4 aliphatic rings. The number of amides is 1. The van der Waals surface area contributed by atoms with Crippen LogP contribution in [-0.2, 0) is 43.2 Å². The minimum Gasteiger partial charge on any atom is -0.489 e. The fourth-order valence-electron chi connectivity index (χ4n) is 8.41. The molecule has 13 nitrogen and oxygen atoms in total. The van der Waals surface area contributed by atoms with Crippen LogP contribution in [0.2, 0.25) is 0 Å². The Kier molecular flexibility index (Phi) is 9.92. The number of ether oxygens (including phenoxy) is 4. The average molecular weight is 758 g/mol. The van der Waals surface area contributed by atoms with Crippen molar-refractivity contribution in [3.63, 3.8) is 0 Å². The molecule has 0 spiro atoms. The van der Waals surface area contributed by atoms with Gasteiger partial charge in [0.25, 0.3) is 5.91 Å². The van der Waals surface area contributed by atoms with Crippen LogP contribution in [0.25, 0.3) is 33.4 Å². The van der Waals surface area contributed by atoms with Crippen LogP contribution < -0.4 is 20.8 Å². The number of thiazole rings is 1. The lowest BCUT2D eigenvalue weighted by Gasteiger charge is -2.37. The Balaban J connectivity index is 1.32. The van der Waals surface area contributed by atoms with Gasteiger partial charge in [-0.05, 0) is 63.8 Å². The van der Waals surface area contributed by atoms with Crippen molar-refractivity contribution in [2.75, 3.05) is 44.9 Å². The number of aromatic nitrogens is 3. The van der Waals surface area contributed by atoms with Gasteiger partial charge in [-0.25, -0.2) is 10.4 Å². The number of esters is 1. The lowest BCUT2D eigenvalue weighted by Crippen LogP contribution is -2.59. The molecule has 8 rings (SSSR count).